The average molecular weight is 247 g/mol. The predicted octanol–water partition coefficient (Wildman–Crippen LogP) is 1.82. The maximum Gasteiger partial charge on any atom is 0.271 e. The summed E-state index contributed by atoms with van der Waals surface area (Å²) in [5, 5.41) is 4.85. The number of hydrogen-bond donors (Lipinski definition) is 1. The third-order valence-electron chi connectivity index (χ3n) is 2.25. The second kappa shape index (κ2) is 5.54. The van der Waals surface area contributed by atoms with E-state index in [1.807, 2.05) is 18.4 Å². The summed E-state index contributed by atoms with van der Waals surface area (Å²) in [5.41, 5.74) is 1.17. The lowest BCUT2D eigenvalue weighted by Crippen LogP contribution is -2.26. The lowest BCUT2D eigenvalue weighted by molar-refractivity contribution is 0.0949. The van der Waals surface area contributed by atoms with Crippen molar-refractivity contribution in [1.82, 2.24) is 15.3 Å². The second-order valence-corrected chi connectivity index (χ2v) is 4.66. The number of amides is 1. The molecule has 5 heteroatoms. The predicted molar refractivity (Wildman–Crippen MR) is 67.1 cm³/mol. The quantitative estimate of drug-likeness (QED) is 0.896. The van der Waals surface area contributed by atoms with Crippen LogP contribution in [0.2, 0.25) is 0 Å². The molecule has 0 radical (unpaired) electrons. The molecule has 88 valence electrons. The number of carbonyl (C=O) groups is 1. The monoisotopic (exact) mass is 247 g/mol. The van der Waals surface area contributed by atoms with Crippen LogP contribution in [0.25, 0.3) is 0 Å². The van der Waals surface area contributed by atoms with Crippen LogP contribution in [0.3, 0.4) is 0 Å². The van der Waals surface area contributed by atoms with Crippen LogP contribution in [-0.2, 0) is 6.42 Å². The lowest BCUT2D eigenvalue weighted by atomic mass is 10.3. The van der Waals surface area contributed by atoms with Crippen molar-refractivity contribution in [2.75, 3.05) is 6.54 Å². The molecule has 1 N–H and O–H groups in total. The maximum atomic E-state index is 11.7. The van der Waals surface area contributed by atoms with Gasteiger partial charge >= 0.3 is 0 Å². The van der Waals surface area contributed by atoms with Crippen LogP contribution in [0.5, 0.6) is 0 Å². The molecule has 0 unspecified atom stereocenters. The minimum absolute atomic E-state index is 0.172. The number of carbonyl (C=O) groups excluding carboxylic acids is 1. The van der Waals surface area contributed by atoms with E-state index in [1.165, 1.54) is 11.1 Å². The van der Waals surface area contributed by atoms with Crippen molar-refractivity contribution in [2.45, 2.75) is 13.3 Å². The summed E-state index contributed by atoms with van der Waals surface area (Å²) in [6, 6.07) is 4.07. The summed E-state index contributed by atoms with van der Waals surface area (Å²) < 4.78 is 0. The van der Waals surface area contributed by atoms with E-state index in [1.54, 1.807) is 17.5 Å². The molecule has 2 aromatic rings. The van der Waals surface area contributed by atoms with Crippen LogP contribution in [0.15, 0.2) is 29.9 Å². The fraction of sp³-hybridized carbons (Fsp3) is 0.250. The van der Waals surface area contributed by atoms with Crippen LogP contribution in [0, 0.1) is 6.92 Å². The Morgan fingerprint density at radius 1 is 1.41 bits per heavy atom. The Hall–Kier alpha value is -1.75. The zero-order valence-corrected chi connectivity index (χ0v) is 10.3. The topological polar surface area (TPSA) is 54.9 Å². The highest BCUT2D eigenvalue weighted by atomic mass is 32.1. The number of hydrogen-bond acceptors (Lipinski definition) is 4. The van der Waals surface area contributed by atoms with E-state index in [2.05, 4.69) is 21.4 Å². The van der Waals surface area contributed by atoms with Gasteiger partial charge in [-0.3, -0.25) is 9.78 Å². The SMILES string of the molecule is Cc1cnc(C(=O)NCCc2cccs2)cn1. The molecule has 0 bridgehead atoms. The maximum absolute atomic E-state index is 11.7. The lowest BCUT2D eigenvalue weighted by Gasteiger charge is -2.03. The summed E-state index contributed by atoms with van der Waals surface area (Å²) >= 11 is 1.69. The first-order valence-electron chi connectivity index (χ1n) is 5.35. The Bertz CT molecular complexity index is 479. The minimum atomic E-state index is -0.172. The second-order valence-electron chi connectivity index (χ2n) is 3.63. The van der Waals surface area contributed by atoms with E-state index in [9.17, 15) is 4.79 Å². The van der Waals surface area contributed by atoms with E-state index in [0.717, 1.165) is 12.1 Å². The molecule has 0 saturated carbocycles. The Morgan fingerprint density at radius 3 is 2.94 bits per heavy atom. The normalized spacial score (nSPS) is 10.2. The number of aromatic nitrogens is 2. The summed E-state index contributed by atoms with van der Waals surface area (Å²) in [6.07, 6.45) is 3.94. The Kier molecular flexibility index (Phi) is 3.82. The van der Waals surface area contributed by atoms with E-state index in [-0.39, 0.29) is 5.91 Å². The van der Waals surface area contributed by atoms with Crippen LogP contribution in [0.1, 0.15) is 21.1 Å². The number of rotatable bonds is 4. The molecule has 0 atom stereocenters. The number of thiophene rings is 1. The van der Waals surface area contributed by atoms with Crippen molar-refractivity contribution >= 4 is 17.2 Å². The van der Waals surface area contributed by atoms with E-state index in [0.29, 0.717) is 12.2 Å². The van der Waals surface area contributed by atoms with E-state index >= 15 is 0 Å². The smallest absolute Gasteiger partial charge is 0.271 e. The van der Waals surface area contributed by atoms with Gasteiger partial charge in [-0.2, -0.15) is 0 Å². The van der Waals surface area contributed by atoms with Crippen LogP contribution in [-0.4, -0.2) is 22.4 Å². The first kappa shape index (κ1) is 11.7. The summed E-state index contributed by atoms with van der Waals surface area (Å²) in [7, 11) is 0. The van der Waals surface area contributed by atoms with Crippen molar-refractivity contribution < 1.29 is 4.79 Å². The summed E-state index contributed by atoms with van der Waals surface area (Å²) in [6.45, 7) is 2.46. The van der Waals surface area contributed by atoms with Crippen molar-refractivity contribution in [3.8, 4) is 0 Å². The van der Waals surface area contributed by atoms with Crippen molar-refractivity contribution in [1.29, 1.82) is 0 Å². The molecule has 2 rings (SSSR count). The van der Waals surface area contributed by atoms with E-state index in [4.69, 9.17) is 0 Å². The molecule has 17 heavy (non-hydrogen) atoms. The third kappa shape index (κ3) is 3.35. The van der Waals surface area contributed by atoms with Crippen LogP contribution in [0.4, 0.5) is 0 Å². The van der Waals surface area contributed by atoms with Crippen molar-refractivity contribution in [3.63, 3.8) is 0 Å². The van der Waals surface area contributed by atoms with Crippen LogP contribution >= 0.6 is 11.3 Å². The zero-order valence-electron chi connectivity index (χ0n) is 9.51. The van der Waals surface area contributed by atoms with Crippen molar-refractivity contribution in [2.24, 2.45) is 0 Å². The molecular formula is C12H13N3OS. The van der Waals surface area contributed by atoms with Gasteiger partial charge in [0, 0.05) is 17.6 Å². The summed E-state index contributed by atoms with van der Waals surface area (Å²) in [5.74, 6) is -0.172. The molecule has 2 heterocycles. The molecule has 0 aliphatic carbocycles. The van der Waals surface area contributed by atoms with Gasteiger partial charge in [-0.15, -0.1) is 11.3 Å². The fourth-order valence-electron chi connectivity index (χ4n) is 1.35. The van der Waals surface area contributed by atoms with Crippen LogP contribution < -0.4 is 5.32 Å². The zero-order chi connectivity index (χ0) is 12.1. The molecule has 0 aliphatic heterocycles. The van der Waals surface area contributed by atoms with Gasteiger partial charge in [-0.05, 0) is 24.8 Å². The Labute approximate surface area is 104 Å². The molecule has 0 aromatic carbocycles. The van der Waals surface area contributed by atoms with Crippen molar-refractivity contribution in [3.05, 3.63) is 46.2 Å². The summed E-state index contributed by atoms with van der Waals surface area (Å²) in [4.78, 5) is 21.0. The molecular weight excluding hydrogens is 234 g/mol. The van der Waals surface area contributed by atoms with Gasteiger partial charge in [-0.25, -0.2) is 4.98 Å². The largest absolute Gasteiger partial charge is 0.350 e. The van der Waals surface area contributed by atoms with E-state index < -0.39 is 0 Å². The first-order chi connectivity index (χ1) is 8.25. The average Bonchev–Trinajstić information content (AvgIpc) is 2.83. The number of nitrogens with zero attached hydrogens (tertiary/aromatic N) is 2. The fourth-order valence-corrected chi connectivity index (χ4v) is 2.06. The van der Waals surface area contributed by atoms with Gasteiger partial charge in [0.15, 0.2) is 0 Å². The molecule has 0 saturated heterocycles. The van der Waals surface area contributed by atoms with Gasteiger partial charge in [0.2, 0.25) is 0 Å². The Morgan fingerprint density at radius 2 is 2.29 bits per heavy atom. The van der Waals surface area contributed by atoms with Gasteiger partial charge in [-0.1, -0.05) is 6.07 Å². The number of aryl methyl sites for hydroxylation is 1. The molecule has 1 amide bonds. The standard InChI is InChI=1S/C12H13N3OS/c1-9-7-15-11(8-14-9)12(16)13-5-4-10-3-2-6-17-10/h2-3,6-8H,4-5H2,1H3,(H,13,16). The van der Waals surface area contributed by atoms with Gasteiger partial charge < -0.3 is 5.32 Å². The number of nitrogens with one attached hydrogen (secondary N) is 1. The highest BCUT2D eigenvalue weighted by molar-refractivity contribution is 7.09. The Balaban J connectivity index is 1.83. The molecule has 2 aromatic heterocycles. The minimum Gasteiger partial charge on any atom is -0.350 e. The molecule has 0 aliphatic rings. The molecule has 0 fully saturated rings. The highest BCUT2D eigenvalue weighted by Crippen LogP contribution is 2.08. The van der Waals surface area contributed by atoms with Gasteiger partial charge in [0.05, 0.1) is 11.9 Å². The molecule has 4 nitrogen and oxygen atoms in total. The van der Waals surface area contributed by atoms with Gasteiger partial charge in [0.1, 0.15) is 5.69 Å². The first-order valence-corrected chi connectivity index (χ1v) is 6.23. The third-order valence-corrected chi connectivity index (χ3v) is 3.19. The molecule has 0 spiro atoms. The van der Waals surface area contributed by atoms with Gasteiger partial charge in [0.25, 0.3) is 5.91 Å². The highest BCUT2D eigenvalue weighted by Gasteiger charge is 2.06.